The smallest absolute Gasteiger partial charge is 0.375 e. The number of aromatic nitrogens is 2. The fraction of sp³-hybridized carbons (Fsp3) is 0.286. The van der Waals surface area contributed by atoms with Crippen LogP contribution in [0, 0.1) is 10.1 Å². The van der Waals surface area contributed by atoms with Crippen molar-refractivity contribution in [2.45, 2.75) is 24.1 Å². The molecule has 3 rings (SSSR count). The van der Waals surface area contributed by atoms with Gasteiger partial charge in [-0.05, 0) is 48.9 Å². The highest BCUT2D eigenvalue weighted by molar-refractivity contribution is 7.90. The maximum Gasteiger partial charge on any atom is 0.416 e. The van der Waals surface area contributed by atoms with Crippen LogP contribution in [0.25, 0.3) is 16.9 Å². The zero-order valence-electron chi connectivity index (χ0n) is 17.9. The number of hydrogen-bond acceptors (Lipinski definition) is 7. The first kappa shape index (κ1) is 25.2. The summed E-state index contributed by atoms with van der Waals surface area (Å²) in [6.45, 7) is 0.0881. The van der Waals surface area contributed by atoms with Gasteiger partial charge in [0.05, 0.1) is 40.7 Å². The molecule has 0 radical (unpaired) electrons. The lowest BCUT2D eigenvalue weighted by atomic mass is 10.1. The Kier molecular flexibility index (Phi) is 7.57. The van der Waals surface area contributed by atoms with Crippen molar-refractivity contribution in [2.75, 3.05) is 19.5 Å². The van der Waals surface area contributed by atoms with Gasteiger partial charge in [0, 0.05) is 18.4 Å². The number of benzene rings is 2. The van der Waals surface area contributed by atoms with E-state index in [1.54, 1.807) is 18.2 Å². The lowest BCUT2D eigenvalue weighted by Crippen LogP contribution is -2.06. The van der Waals surface area contributed by atoms with Gasteiger partial charge in [-0.1, -0.05) is 12.1 Å². The molecule has 3 aromatic rings. The van der Waals surface area contributed by atoms with E-state index in [-0.39, 0.29) is 31.1 Å². The van der Waals surface area contributed by atoms with E-state index in [1.165, 1.54) is 28.9 Å². The molecule has 13 heteroatoms. The summed E-state index contributed by atoms with van der Waals surface area (Å²) >= 11 is 0. The lowest BCUT2D eigenvalue weighted by molar-refractivity contribution is -0.757. The van der Waals surface area contributed by atoms with Crippen molar-refractivity contribution in [3.63, 3.8) is 0 Å². The molecule has 0 atom stereocenters. The highest BCUT2D eigenvalue weighted by atomic mass is 32.2. The molecule has 0 saturated heterocycles. The van der Waals surface area contributed by atoms with Crippen molar-refractivity contribution >= 4 is 9.84 Å². The van der Waals surface area contributed by atoms with Gasteiger partial charge in [0.2, 0.25) is 0 Å². The van der Waals surface area contributed by atoms with Crippen molar-refractivity contribution < 1.29 is 36.3 Å². The van der Waals surface area contributed by atoms with Crippen LogP contribution < -0.4 is 0 Å². The molecule has 0 fully saturated rings. The van der Waals surface area contributed by atoms with Crippen molar-refractivity contribution in [1.82, 2.24) is 9.78 Å². The van der Waals surface area contributed by atoms with Gasteiger partial charge in [0.15, 0.2) is 9.84 Å². The van der Waals surface area contributed by atoms with Crippen LogP contribution in [0.5, 0.6) is 0 Å². The largest absolute Gasteiger partial charge is 0.416 e. The number of alkyl halides is 3. The van der Waals surface area contributed by atoms with Crippen molar-refractivity contribution in [1.29, 1.82) is 0 Å². The summed E-state index contributed by atoms with van der Waals surface area (Å²) in [6, 6.07) is 12.1. The van der Waals surface area contributed by atoms with Crippen LogP contribution in [0.15, 0.2) is 59.5 Å². The van der Waals surface area contributed by atoms with E-state index in [9.17, 15) is 31.7 Å². The molecule has 0 amide bonds. The van der Waals surface area contributed by atoms with Crippen molar-refractivity contribution in [2.24, 2.45) is 0 Å². The fourth-order valence-corrected chi connectivity index (χ4v) is 3.67. The van der Waals surface area contributed by atoms with E-state index in [2.05, 4.69) is 9.94 Å². The van der Waals surface area contributed by atoms with Gasteiger partial charge >= 0.3 is 6.18 Å². The SMILES string of the molecule is CS(=O)(=O)c1ccc(-c2cc(COCCCO[N+](=O)[O-])nn2-c2ccc(C(F)(F)F)cc2)cc1. The van der Waals surface area contributed by atoms with Crippen LogP contribution in [0.3, 0.4) is 0 Å². The predicted molar refractivity (Wildman–Crippen MR) is 114 cm³/mol. The van der Waals surface area contributed by atoms with Gasteiger partial charge in [-0.25, -0.2) is 13.1 Å². The summed E-state index contributed by atoms with van der Waals surface area (Å²) in [5.74, 6) is 0. The van der Waals surface area contributed by atoms with Gasteiger partial charge in [-0.15, -0.1) is 10.1 Å². The molecule has 0 aliphatic rings. The summed E-state index contributed by atoms with van der Waals surface area (Å²) in [5, 5.41) is 13.7. The molecule has 1 heterocycles. The van der Waals surface area contributed by atoms with Crippen LogP contribution in [-0.4, -0.2) is 42.8 Å². The van der Waals surface area contributed by atoms with Crippen LogP contribution >= 0.6 is 0 Å². The Morgan fingerprint density at radius 3 is 2.26 bits per heavy atom. The minimum Gasteiger partial charge on any atom is -0.375 e. The average Bonchev–Trinajstić information content (AvgIpc) is 3.19. The zero-order chi connectivity index (χ0) is 24.9. The van der Waals surface area contributed by atoms with Gasteiger partial charge in [0.25, 0.3) is 5.09 Å². The molecule has 2 aromatic carbocycles. The second kappa shape index (κ2) is 10.2. The summed E-state index contributed by atoms with van der Waals surface area (Å²) in [7, 11) is -3.40. The summed E-state index contributed by atoms with van der Waals surface area (Å²) < 4.78 is 69.2. The van der Waals surface area contributed by atoms with Crippen molar-refractivity contribution in [3.8, 4) is 16.9 Å². The third-order valence-electron chi connectivity index (χ3n) is 4.66. The molecule has 0 spiro atoms. The molecule has 182 valence electrons. The molecule has 9 nitrogen and oxygen atoms in total. The maximum atomic E-state index is 12.9. The maximum absolute atomic E-state index is 12.9. The average molecular weight is 499 g/mol. The highest BCUT2D eigenvalue weighted by Crippen LogP contribution is 2.31. The molecule has 1 aromatic heterocycles. The summed E-state index contributed by atoms with van der Waals surface area (Å²) in [5.41, 5.74) is 1.11. The Morgan fingerprint density at radius 1 is 1.06 bits per heavy atom. The minimum atomic E-state index is -4.48. The van der Waals surface area contributed by atoms with Gasteiger partial charge in [0.1, 0.15) is 0 Å². The van der Waals surface area contributed by atoms with E-state index < -0.39 is 26.7 Å². The first-order valence-electron chi connectivity index (χ1n) is 9.87. The Labute approximate surface area is 192 Å². The third-order valence-corrected chi connectivity index (χ3v) is 5.79. The standard InChI is InChI=1S/C21H20F3N3O6S/c1-34(30,31)19-9-3-15(4-10-19)20-13-17(14-32-11-2-12-33-27(28)29)25-26(20)18-7-5-16(6-8-18)21(22,23)24/h3-10,13H,2,11-12,14H2,1H3. The van der Waals surface area contributed by atoms with Gasteiger partial charge < -0.3 is 9.57 Å². The predicted octanol–water partition coefficient (Wildman–Crippen LogP) is 4.08. The normalized spacial score (nSPS) is 12.0. The molecule has 0 bridgehead atoms. The number of rotatable bonds is 10. The van der Waals surface area contributed by atoms with E-state index >= 15 is 0 Å². The van der Waals surface area contributed by atoms with E-state index in [0.717, 1.165) is 18.4 Å². The quantitative estimate of drug-likeness (QED) is 0.235. The summed E-state index contributed by atoms with van der Waals surface area (Å²) in [4.78, 5) is 14.5. The van der Waals surface area contributed by atoms with Crippen LogP contribution in [0.4, 0.5) is 13.2 Å². The molecular formula is C21H20F3N3O6S. The number of nitrogens with zero attached hydrogens (tertiary/aromatic N) is 3. The molecule has 0 aliphatic heterocycles. The van der Waals surface area contributed by atoms with Gasteiger partial charge in [-0.2, -0.15) is 18.3 Å². The molecule has 0 N–H and O–H groups in total. The van der Waals surface area contributed by atoms with Crippen LogP contribution in [-0.2, 0) is 32.2 Å². The van der Waals surface area contributed by atoms with Crippen LogP contribution in [0.2, 0.25) is 0 Å². The Balaban J connectivity index is 1.87. The number of ether oxygens (including phenoxy) is 1. The Hall–Kier alpha value is -3.45. The second-order valence-electron chi connectivity index (χ2n) is 7.24. The molecule has 34 heavy (non-hydrogen) atoms. The first-order valence-corrected chi connectivity index (χ1v) is 11.8. The molecule has 0 unspecified atom stereocenters. The zero-order valence-corrected chi connectivity index (χ0v) is 18.7. The topological polar surface area (TPSA) is 114 Å². The Morgan fingerprint density at radius 2 is 1.71 bits per heavy atom. The fourth-order valence-electron chi connectivity index (χ4n) is 3.04. The molecular weight excluding hydrogens is 479 g/mol. The van der Waals surface area contributed by atoms with E-state index in [1.807, 2.05) is 0 Å². The lowest BCUT2D eigenvalue weighted by Gasteiger charge is -2.10. The summed E-state index contributed by atoms with van der Waals surface area (Å²) in [6.07, 6.45) is -3.12. The number of sulfone groups is 1. The molecule has 0 aliphatic carbocycles. The highest BCUT2D eigenvalue weighted by Gasteiger charge is 2.30. The monoisotopic (exact) mass is 499 g/mol. The van der Waals surface area contributed by atoms with Crippen molar-refractivity contribution in [3.05, 3.63) is 76.0 Å². The molecule has 0 saturated carbocycles. The third kappa shape index (κ3) is 6.54. The Bertz CT molecular complexity index is 1240. The van der Waals surface area contributed by atoms with Gasteiger partial charge in [-0.3, -0.25) is 0 Å². The van der Waals surface area contributed by atoms with E-state index in [4.69, 9.17) is 4.74 Å². The number of hydrogen-bond donors (Lipinski definition) is 0. The van der Waals surface area contributed by atoms with Crippen LogP contribution in [0.1, 0.15) is 17.7 Å². The van der Waals surface area contributed by atoms with E-state index in [0.29, 0.717) is 22.6 Å². The minimum absolute atomic E-state index is 0.0422. The first-order chi connectivity index (χ1) is 15.9. The number of halogens is 3. The second-order valence-corrected chi connectivity index (χ2v) is 9.25.